The zero-order chi connectivity index (χ0) is 21.4. The van der Waals surface area contributed by atoms with Gasteiger partial charge in [0.15, 0.2) is 28.5 Å². The average molecular weight is 423 g/mol. The van der Waals surface area contributed by atoms with E-state index in [1.807, 2.05) is 18.2 Å². The van der Waals surface area contributed by atoms with Crippen LogP contribution in [0.25, 0.3) is 11.0 Å². The molecule has 0 spiro atoms. The number of likely N-dealkylation sites (tertiary alicyclic amines) is 1. The highest BCUT2D eigenvalue weighted by molar-refractivity contribution is 5.95. The van der Waals surface area contributed by atoms with E-state index < -0.39 is 5.82 Å². The Kier molecular flexibility index (Phi) is 5.19. The number of hydrogen-bond donors (Lipinski definition) is 0. The van der Waals surface area contributed by atoms with E-state index in [0.29, 0.717) is 6.42 Å². The maximum absolute atomic E-state index is 13.5. The molecule has 0 saturated carbocycles. The van der Waals surface area contributed by atoms with Crippen molar-refractivity contribution in [1.82, 2.24) is 4.90 Å². The third-order valence-corrected chi connectivity index (χ3v) is 5.99. The molecule has 2 aromatic carbocycles. The van der Waals surface area contributed by atoms with Crippen LogP contribution in [0.2, 0.25) is 0 Å². The zero-order valence-electron chi connectivity index (χ0n) is 16.9. The fourth-order valence-electron chi connectivity index (χ4n) is 4.28. The second-order valence-corrected chi connectivity index (χ2v) is 8.15. The molecule has 2 aliphatic rings. The Morgan fingerprint density at radius 1 is 1.03 bits per heavy atom. The molecule has 5 rings (SSSR count). The van der Waals surface area contributed by atoms with Gasteiger partial charge < -0.3 is 13.9 Å². The molecule has 0 unspecified atom stereocenters. The number of ketones is 1. The molecular weight excluding hydrogens is 401 g/mol. The van der Waals surface area contributed by atoms with E-state index in [-0.39, 0.29) is 40.7 Å². The summed E-state index contributed by atoms with van der Waals surface area (Å²) < 4.78 is 29.8. The quantitative estimate of drug-likeness (QED) is 0.575. The van der Waals surface area contributed by atoms with Crippen molar-refractivity contribution in [3.8, 4) is 11.5 Å². The number of ether oxygens (including phenoxy) is 2. The van der Waals surface area contributed by atoms with Crippen LogP contribution in [0.4, 0.5) is 4.39 Å². The smallest absolute Gasteiger partial charge is 0.231 e. The standard InChI is InChI=1S/C24H22FNO5/c25-17-2-3-18-19(27)12-23(31-22(18)11-17)20(28)9-15-5-7-26(8-6-15)13-16-1-4-21-24(10-16)30-14-29-21/h1-4,10-12,15H,5-9,13-14H2. The van der Waals surface area contributed by atoms with Gasteiger partial charge in [-0.3, -0.25) is 14.5 Å². The van der Waals surface area contributed by atoms with Crippen molar-refractivity contribution < 1.29 is 23.1 Å². The Labute approximate surface area is 178 Å². The first-order chi connectivity index (χ1) is 15.0. The van der Waals surface area contributed by atoms with Crippen molar-refractivity contribution in [3.63, 3.8) is 0 Å². The van der Waals surface area contributed by atoms with Crippen molar-refractivity contribution in [2.24, 2.45) is 5.92 Å². The number of benzene rings is 2. The van der Waals surface area contributed by atoms with Gasteiger partial charge in [0.2, 0.25) is 6.79 Å². The molecule has 160 valence electrons. The lowest BCUT2D eigenvalue weighted by Gasteiger charge is -2.31. The molecule has 1 fully saturated rings. The van der Waals surface area contributed by atoms with Gasteiger partial charge in [-0.2, -0.15) is 0 Å². The van der Waals surface area contributed by atoms with Crippen molar-refractivity contribution in [2.45, 2.75) is 25.8 Å². The second kappa shape index (κ2) is 8.15. The van der Waals surface area contributed by atoms with Gasteiger partial charge in [0.25, 0.3) is 0 Å². The minimum atomic E-state index is -0.505. The number of nitrogens with zero attached hydrogens (tertiary/aromatic N) is 1. The number of hydrogen-bond acceptors (Lipinski definition) is 6. The summed E-state index contributed by atoms with van der Waals surface area (Å²) in [5.41, 5.74) is 0.946. The molecule has 0 amide bonds. The number of rotatable bonds is 5. The first-order valence-electron chi connectivity index (χ1n) is 10.4. The molecule has 0 atom stereocenters. The van der Waals surface area contributed by atoms with E-state index in [1.165, 1.54) is 23.8 Å². The minimum absolute atomic E-state index is 0.00545. The topological polar surface area (TPSA) is 69.0 Å². The lowest BCUT2D eigenvalue weighted by Crippen LogP contribution is -2.34. The SMILES string of the molecule is O=C(CC1CCN(Cc2ccc3c(c2)OCO3)CC1)c1cc(=O)c2ccc(F)cc2o1. The third-order valence-electron chi connectivity index (χ3n) is 5.99. The molecule has 2 aliphatic heterocycles. The van der Waals surface area contributed by atoms with Crippen LogP contribution in [0, 0.1) is 11.7 Å². The number of carbonyl (C=O) groups is 1. The zero-order valence-corrected chi connectivity index (χ0v) is 16.9. The summed E-state index contributed by atoms with van der Waals surface area (Å²) in [6, 6.07) is 10.9. The number of fused-ring (bicyclic) bond motifs is 2. The number of Topliss-reactive ketones (excluding diaryl/α,β-unsaturated/α-hetero) is 1. The van der Waals surface area contributed by atoms with Crippen LogP contribution in [0.15, 0.2) is 51.7 Å². The van der Waals surface area contributed by atoms with Gasteiger partial charge in [-0.15, -0.1) is 0 Å². The Morgan fingerprint density at radius 3 is 2.68 bits per heavy atom. The Bertz CT molecular complexity index is 1200. The fourth-order valence-corrected chi connectivity index (χ4v) is 4.28. The van der Waals surface area contributed by atoms with E-state index in [4.69, 9.17) is 13.9 Å². The first-order valence-corrected chi connectivity index (χ1v) is 10.4. The summed E-state index contributed by atoms with van der Waals surface area (Å²) in [6.07, 6.45) is 2.10. The van der Waals surface area contributed by atoms with Gasteiger partial charge >= 0.3 is 0 Å². The summed E-state index contributed by atoms with van der Waals surface area (Å²) in [5, 5.41) is 0.273. The van der Waals surface area contributed by atoms with Crippen molar-refractivity contribution in [3.05, 3.63) is 69.8 Å². The number of carbonyl (C=O) groups excluding carboxylic acids is 1. The summed E-state index contributed by atoms with van der Waals surface area (Å²) in [7, 11) is 0. The molecule has 1 aromatic heterocycles. The number of halogens is 1. The second-order valence-electron chi connectivity index (χ2n) is 8.15. The van der Waals surface area contributed by atoms with E-state index >= 15 is 0 Å². The van der Waals surface area contributed by atoms with Gasteiger partial charge in [0.05, 0.1) is 5.39 Å². The molecule has 0 aliphatic carbocycles. The van der Waals surface area contributed by atoms with E-state index in [1.54, 1.807) is 0 Å². The van der Waals surface area contributed by atoms with E-state index in [0.717, 1.165) is 50.0 Å². The van der Waals surface area contributed by atoms with Crippen LogP contribution < -0.4 is 14.9 Å². The van der Waals surface area contributed by atoms with Crippen LogP contribution in [-0.4, -0.2) is 30.6 Å². The highest BCUT2D eigenvalue weighted by Gasteiger charge is 2.24. The monoisotopic (exact) mass is 423 g/mol. The minimum Gasteiger partial charge on any atom is -0.454 e. The molecule has 31 heavy (non-hydrogen) atoms. The highest BCUT2D eigenvalue weighted by atomic mass is 19.1. The summed E-state index contributed by atoms with van der Waals surface area (Å²) in [6.45, 7) is 2.87. The Morgan fingerprint density at radius 2 is 1.84 bits per heavy atom. The Balaban J connectivity index is 1.19. The molecule has 0 bridgehead atoms. The summed E-state index contributed by atoms with van der Waals surface area (Å²) in [4.78, 5) is 27.3. The lowest BCUT2D eigenvalue weighted by atomic mass is 9.91. The lowest BCUT2D eigenvalue weighted by molar-refractivity contribution is 0.0898. The van der Waals surface area contributed by atoms with Crippen molar-refractivity contribution in [2.75, 3.05) is 19.9 Å². The predicted molar refractivity (Wildman–Crippen MR) is 112 cm³/mol. The molecule has 0 N–H and O–H groups in total. The molecule has 1 saturated heterocycles. The van der Waals surface area contributed by atoms with Crippen LogP contribution >= 0.6 is 0 Å². The molecule has 3 aromatic rings. The van der Waals surface area contributed by atoms with E-state index in [9.17, 15) is 14.0 Å². The molecule has 6 nitrogen and oxygen atoms in total. The van der Waals surface area contributed by atoms with Gasteiger partial charge in [-0.25, -0.2) is 4.39 Å². The normalized spacial score (nSPS) is 16.7. The molecule has 7 heteroatoms. The predicted octanol–water partition coefficient (Wildman–Crippen LogP) is 4.15. The largest absolute Gasteiger partial charge is 0.454 e. The van der Waals surface area contributed by atoms with Crippen LogP contribution in [0.1, 0.15) is 35.4 Å². The van der Waals surface area contributed by atoms with Crippen molar-refractivity contribution in [1.29, 1.82) is 0 Å². The Hall–Kier alpha value is -3.19. The fraction of sp³-hybridized carbons (Fsp3) is 0.333. The van der Waals surface area contributed by atoms with Gasteiger partial charge in [-0.05, 0) is 61.7 Å². The first kappa shape index (κ1) is 19.8. The van der Waals surface area contributed by atoms with Crippen molar-refractivity contribution >= 4 is 16.8 Å². The third kappa shape index (κ3) is 4.18. The van der Waals surface area contributed by atoms with Gasteiger partial charge in [-0.1, -0.05) is 6.07 Å². The van der Waals surface area contributed by atoms with Gasteiger partial charge in [0, 0.05) is 25.1 Å². The van der Waals surface area contributed by atoms with Gasteiger partial charge in [0.1, 0.15) is 11.4 Å². The van der Waals surface area contributed by atoms with E-state index in [2.05, 4.69) is 4.90 Å². The van der Waals surface area contributed by atoms with Crippen LogP contribution in [0.5, 0.6) is 11.5 Å². The maximum atomic E-state index is 13.5. The molecule has 3 heterocycles. The molecule has 0 radical (unpaired) electrons. The van der Waals surface area contributed by atoms with Crippen LogP contribution in [0.3, 0.4) is 0 Å². The maximum Gasteiger partial charge on any atom is 0.231 e. The molecular formula is C24H22FNO5. The number of piperidine rings is 1. The summed E-state index contributed by atoms with van der Waals surface area (Å²) >= 11 is 0. The summed E-state index contributed by atoms with van der Waals surface area (Å²) in [5.74, 6) is 1.09. The highest BCUT2D eigenvalue weighted by Crippen LogP contribution is 2.33. The average Bonchev–Trinajstić information content (AvgIpc) is 3.22. The van der Waals surface area contributed by atoms with Crippen LogP contribution in [-0.2, 0) is 6.54 Å².